The highest BCUT2D eigenvalue weighted by atomic mass is 35.5. The van der Waals surface area contributed by atoms with E-state index in [4.69, 9.17) is 32.4 Å². The zero-order valence-corrected chi connectivity index (χ0v) is 16.2. The van der Waals surface area contributed by atoms with E-state index in [1.54, 1.807) is 30.3 Å². The van der Waals surface area contributed by atoms with Crippen LogP contribution >= 0.6 is 35.0 Å². The number of rotatable bonds is 7. The van der Waals surface area contributed by atoms with Gasteiger partial charge in [-0.25, -0.2) is 5.43 Å². The number of carbonyl (C=O) groups is 1. The Labute approximate surface area is 170 Å². The highest BCUT2D eigenvalue weighted by molar-refractivity contribution is 7.99. The Kier molecular flexibility index (Phi) is 6.81. The standard InChI is InChI=1S/C19H14Cl2N2O3S/c20-13-5-8-15(9-6-13)27-19-10-7-14(26-19)11-22-23-18(24)12-25-17-4-2-1-3-16(17)21/h1-11H,12H2,(H,23,24)/b22-11+. The van der Waals surface area contributed by atoms with Crippen LogP contribution in [0.5, 0.6) is 5.75 Å². The van der Waals surface area contributed by atoms with Gasteiger partial charge in [-0.2, -0.15) is 5.10 Å². The maximum atomic E-state index is 11.8. The molecular weight excluding hydrogens is 407 g/mol. The Morgan fingerprint density at radius 1 is 1.11 bits per heavy atom. The van der Waals surface area contributed by atoms with Crippen molar-refractivity contribution < 1.29 is 13.9 Å². The Morgan fingerprint density at radius 3 is 2.67 bits per heavy atom. The highest BCUT2D eigenvalue weighted by Gasteiger charge is 2.05. The number of hydrazone groups is 1. The molecule has 27 heavy (non-hydrogen) atoms. The molecule has 0 atom stereocenters. The van der Waals surface area contributed by atoms with Crippen LogP contribution in [0.1, 0.15) is 5.76 Å². The average molecular weight is 421 g/mol. The van der Waals surface area contributed by atoms with Gasteiger partial charge < -0.3 is 9.15 Å². The lowest BCUT2D eigenvalue weighted by Crippen LogP contribution is -2.24. The molecule has 5 nitrogen and oxygen atoms in total. The van der Waals surface area contributed by atoms with Crippen molar-refractivity contribution in [1.29, 1.82) is 0 Å². The number of hydrogen-bond acceptors (Lipinski definition) is 5. The van der Waals surface area contributed by atoms with Crippen LogP contribution in [0.4, 0.5) is 0 Å². The van der Waals surface area contributed by atoms with Crippen molar-refractivity contribution in [3.63, 3.8) is 0 Å². The van der Waals surface area contributed by atoms with Gasteiger partial charge in [0.25, 0.3) is 5.91 Å². The molecule has 0 radical (unpaired) electrons. The highest BCUT2D eigenvalue weighted by Crippen LogP contribution is 2.29. The molecule has 0 fully saturated rings. The van der Waals surface area contributed by atoms with Crippen molar-refractivity contribution in [2.45, 2.75) is 9.99 Å². The van der Waals surface area contributed by atoms with Gasteiger partial charge >= 0.3 is 0 Å². The van der Waals surface area contributed by atoms with Crippen LogP contribution in [-0.2, 0) is 4.79 Å². The maximum absolute atomic E-state index is 11.8. The van der Waals surface area contributed by atoms with Gasteiger partial charge in [0.15, 0.2) is 11.7 Å². The molecular formula is C19H14Cl2N2O3S. The zero-order valence-electron chi connectivity index (χ0n) is 13.9. The van der Waals surface area contributed by atoms with E-state index in [1.807, 2.05) is 30.3 Å². The monoisotopic (exact) mass is 420 g/mol. The predicted molar refractivity (Wildman–Crippen MR) is 107 cm³/mol. The van der Waals surface area contributed by atoms with Crippen LogP contribution in [-0.4, -0.2) is 18.7 Å². The van der Waals surface area contributed by atoms with E-state index >= 15 is 0 Å². The van der Waals surface area contributed by atoms with E-state index in [-0.39, 0.29) is 6.61 Å². The molecule has 1 N–H and O–H groups in total. The number of hydrogen-bond donors (Lipinski definition) is 1. The summed E-state index contributed by atoms with van der Waals surface area (Å²) in [4.78, 5) is 12.8. The lowest BCUT2D eigenvalue weighted by atomic mass is 10.3. The van der Waals surface area contributed by atoms with Gasteiger partial charge in [0.05, 0.1) is 11.2 Å². The quantitative estimate of drug-likeness (QED) is 0.417. The van der Waals surface area contributed by atoms with Gasteiger partial charge in [-0.1, -0.05) is 47.1 Å². The van der Waals surface area contributed by atoms with Crippen molar-refractivity contribution in [2.75, 3.05) is 6.61 Å². The molecule has 0 bridgehead atoms. The molecule has 0 spiro atoms. The molecule has 1 heterocycles. The topological polar surface area (TPSA) is 63.8 Å². The first-order chi connectivity index (χ1) is 13.1. The Hall–Kier alpha value is -2.41. The third kappa shape index (κ3) is 6.06. The number of halogens is 2. The van der Waals surface area contributed by atoms with Crippen molar-refractivity contribution in [3.05, 3.63) is 76.5 Å². The van der Waals surface area contributed by atoms with Gasteiger partial charge in [-0.15, -0.1) is 0 Å². The number of nitrogens with zero attached hydrogens (tertiary/aromatic N) is 1. The molecule has 0 aliphatic heterocycles. The fourth-order valence-electron chi connectivity index (χ4n) is 1.98. The molecule has 2 aromatic carbocycles. The minimum Gasteiger partial charge on any atom is -0.482 e. The number of amides is 1. The number of nitrogens with one attached hydrogen (secondary N) is 1. The van der Waals surface area contributed by atoms with Crippen molar-refractivity contribution in [3.8, 4) is 5.75 Å². The Morgan fingerprint density at radius 2 is 1.89 bits per heavy atom. The second kappa shape index (κ2) is 9.50. The van der Waals surface area contributed by atoms with Crippen LogP contribution in [0.15, 0.2) is 80.2 Å². The largest absolute Gasteiger partial charge is 0.482 e. The summed E-state index contributed by atoms with van der Waals surface area (Å²) >= 11 is 13.3. The number of para-hydroxylation sites is 1. The molecule has 3 aromatic rings. The second-order valence-corrected chi connectivity index (χ2v) is 7.15. The maximum Gasteiger partial charge on any atom is 0.277 e. The Balaban J connectivity index is 1.47. The Bertz CT molecular complexity index is 942. The van der Waals surface area contributed by atoms with E-state index < -0.39 is 5.91 Å². The molecule has 0 aliphatic carbocycles. The first-order valence-electron chi connectivity index (χ1n) is 7.82. The van der Waals surface area contributed by atoms with Crippen molar-refractivity contribution in [1.82, 2.24) is 5.43 Å². The lowest BCUT2D eigenvalue weighted by molar-refractivity contribution is -0.123. The summed E-state index contributed by atoms with van der Waals surface area (Å²) in [5.41, 5.74) is 2.37. The fourth-order valence-corrected chi connectivity index (χ4v) is 3.08. The summed E-state index contributed by atoms with van der Waals surface area (Å²) in [5, 5.41) is 5.67. The summed E-state index contributed by atoms with van der Waals surface area (Å²) in [6.45, 7) is -0.198. The number of carbonyl (C=O) groups excluding carboxylic acids is 1. The van der Waals surface area contributed by atoms with E-state index in [2.05, 4.69) is 10.5 Å². The molecule has 1 aromatic heterocycles. The first kappa shape index (κ1) is 19.4. The summed E-state index contributed by atoms with van der Waals surface area (Å²) in [7, 11) is 0. The summed E-state index contributed by atoms with van der Waals surface area (Å²) < 4.78 is 11.0. The number of furan rings is 1. The molecule has 0 unspecified atom stereocenters. The molecule has 0 aliphatic rings. The second-order valence-electron chi connectivity index (χ2n) is 5.23. The van der Waals surface area contributed by atoms with Gasteiger partial charge in [-0.05, 0) is 48.5 Å². The van der Waals surface area contributed by atoms with Crippen LogP contribution in [0, 0.1) is 0 Å². The smallest absolute Gasteiger partial charge is 0.277 e. The van der Waals surface area contributed by atoms with E-state index in [0.717, 1.165) is 4.90 Å². The molecule has 3 rings (SSSR count). The SMILES string of the molecule is O=C(COc1ccccc1Cl)N/N=C/c1ccc(Sc2ccc(Cl)cc2)o1. The molecule has 1 amide bonds. The third-order valence-electron chi connectivity index (χ3n) is 3.21. The fraction of sp³-hybridized carbons (Fsp3) is 0.0526. The van der Waals surface area contributed by atoms with Gasteiger partial charge in [0.2, 0.25) is 0 Å². The minimum absolute atomic E-state index is 0.198. The van der Waals surface area contributed by atoms with E-state index in [9.17, 15) is 4.79 Å². The molecule has 138 valence electrons. The van der Waals surface area contributed by atoms with Gasteiger partial charge in [0.1, 0.15) is 11.5 Å². The number of ether oxygens (including phenoxy) is 1. The molecule has 0 saturated carbocycles. The summed E-state index contributed by atoms with van der Waals surface area (Å²) in [6.07, 6.45) is 1.42. The lowest BCUT2D eigenvalue weighted by Gasteiger charge is -2.06. The third-order valence-corrected chi connectivity index (χ3v) is 4.70. The molecule has 8 heteroatoms. The summed E-state index contributed by atoms with van der Waals surface area (Å²) in [6, 6.07) is 17.9. The van der Waals surface area contributed by atoms with E-state index in [1.165, 1.54) is 18.0 Å². The van der Waals surface area contributed by atoms with Crippen molar-refractivity contribution in [2.24, 2.45) is 5.10 Å². The normalized spacial score (nSPS) is 10.9. The van der Waals surface area contributed by atoms with Crippen LogP contribution in [0.3, 0.4) is 0 Å². The average Bonchev–Trinajstić information content (AvgIpc) is 3.10. The van der Waals surface area contributed by atoms with Crippen molar-refractivity contribution >= 4 is 47.1 Å². The summed E-state index contributed by atoms with van der Waals surface area (Å²) in [5.74, 6) is 0.542. The van der Waals surface area contributed by atoms with Gasteiger partial charge in [0, 0.05) is 9.92 Å². The first-order valence-corrected chi connectivity index (χ1v) is 9.40. The van der Waals surface area contributed by atoms with Gasteiger partial charge in [-0.3, -0.25) is 4.79 Å². The molecule has 0 saturated heterocycles. The van der Waals surface area contributed by atoms with Crippen LogP contribution < -0.4 is 10.2 Å². The number of benzene rings is 2. The minimum atomic E-state index is -0.409. The van der Waals surface area contributed by atoms with Crippen LogP contribution in [0.2, 0.25) is 10.0 Å². The van der Waals surface area contributed by atoms with Crippen LogP contribution in [0.25, 0.3) is 0 Å². The van der Waals surface area contributed by atoms with E-state index in [0.29, 0.717) is 26.6 Å². The zero-order chi connectivity index (χ0) is 19.1. The predicted octanol–water partition coefficient (Wildman–Crippen LogP) is 5.27.